The summed E-state index contributed by atoms with van der Waals surface area (Å²) in [7, 11) is 1.42. The molecule has 2 N–H and O–H groups in total. The number of rotatable bonds is 6. The van der Waals surface area contributed by atoms with Crippen LogP contribution >= 0.6 is 0 Å². The van der Waals surface area contributed by atoms with Gasteiger partial charge >= 0.3 is 0 Å². The number of aromatic nitrogens is 1. The Labute approximate surface area is 165 Å². The van der Waals surface area contributed by atoms with Crippen LogP contribution < -0.4 is 15.4 Å². The summed E-state index contributed by atoms with van der Waals surface area (Å²) < 4.78 is 33.5. The van der Waals surface area contributed by atoms with Crippen LogP contribution in [0.5, 0.6) is 5.75 Å². The molecular weight excluding hydrogens is 380 g/mol. The number of pyridine rings is 1. The Balaban J connectivity index is 1.66. The van der Waals surface area contributed by atoms with Crippen LogP contribution in [0, 0.1) is 11.6 Å². The molecule has 148 valence electrons. The SMILES string of the molecule is COc1ccc(-c2ccc(C(=O)NCC(=O)Nc3cccnc3)c(F)c2)c(F)c1. The van der Waals surface area contributed by atoms with Crippen LogP contribution in [-0.2, 0) is 4.79 Å². The van der Waals surface area contributed by atoms with E-state index in [1.54, 1.807) is 24.4 Å². The maximum atomic E-state index is 14.4. The molecule has 0 atom stereocenters. The summed E-state index contributed by atoms with van der Waals surface area (Å²) in [6.45, 7) is -0.345. The van der Waals surface area contributed by atoms with Crippen molar-refractivity contribution in [2.75, 3.05) is 19.0 Å². The summed E-state index contributed by atoms with van der Waals surface area (Å²) in [5, 5.41) is 4.89. The zero-order valence-electron chi connectivity index (χ0n) is 15.4. The highest BCUT2D eigenvalue weighted by Crippen LogP contribution is 2.27. The Morgan fingerprint density at radius 1 is 1.07 bits per heavy atom. The van der Waals surface area contributed by atoms with Gasteiger partial charge in [0.2, 0.25) is 5.91 Å². The summed E-state index contributed by atoms with van der Waals surface area (Å²) in [4.78, 5) is 27.9. The van der Waals surface area contributed by atoms with E-state index in [0.29, 0.717) is 11.4 Å². The van der Waals surface area contributed by atoms with Crippen molar-refractivity contribution < 1.29 is 23.1 Å². The Bertz CT molecular complexity index is 1040. The fraction of sp³-hybridized carbons (Fsp3) is 0.0952. The number of carbonyl (C=O) groups excluding carboxylic acids is 2. The van der Waals surface area contributed by atoms with Gasteiger partial charge in [0.1, 0.15) is 17.4 Å². The fourth-order valence-corrected chi connectivity index (χ4v) is 2.62. The molecule has 6 nitrogen and oxygen atoms in total. The monoisotopic (exact) mass is 397 g/mol. The molecule has 0 spiro atoms. The minimum Gasteiger partial charge on any atom is -0.497 e. The van der Waals surface area contributed by atoms with E-state index in [-0.39, 0.29) is 23.2 Å². The first-order chi connectivity index (χ1) is 14.0. The second-order valence-corrected chi connectivity index (χ2v) is 6.01. The smallest absolute Gasteiger partial charge is 0.254 e. The normalized spacial score (nSPS) is 10.3. The predicted octanol–water partition coefficient (Wildman–Crippen LogP) is 3.40. The lowest BCUT2D eigenvalue weighted by Gasteiger charge is -2.09. The van der Waals surface area contributed by atoms with Crippen molar-refractivity contribution in [3.8, 4) is 16.9 Å². The van der Waals surface area contributed by atoms with Crippen molar-refractivity contribution >= 4 is 17.5 Å². The Kier molecular flexibility index (Phi) is 6.13. The number of benzene rings is 2. The van der Waals surface area contributed by atoms with E-state index in [1.807, 2.05) is 0 Å². The first kappa shape index (κ1) is 19.9. The lowest BCUT2D eigenvalue weighted by molar-refractivity contribution is -0.115. The van der Waals surface area contributed by atoms with Crippen LogP contribution in [0.1, 0.15) is 10.4 Å². The lowest BCUT2D eigenvalue weighted by atomic mass is 10.0. The largest absolute Gasteiger partial charge is 0.497 e. The molecule has 0 saturated heterocycles. The Morgan fingerprint density at radius 3 is 2.55 bits per heavy atom. The maximum absolute atomic E-state index is 14.4. The number of nitrogens with zero attached hydrogens (tertiary/aromatic N) is 1. The number of nitrogens with one attached hydrogen (secondary N) is 2. The molecule has 1 aromatic heterocycles. The molecule has 0 aliphatic carbocycles. The van der Waals surface area contributed by atoms with Gasteiger partial charge in [0, 0.05) is 17.8 Å². The van der Waals surface area contributed by atoms with Crippen LogP contribution in [0.3, 0.4) is 0 Å². The molecule has 2 aromatic carbocycles. The van der Waals surface area contributed by atoms with Gasteiger partial charge in [-0.15, -0.1) is 0 Å². The van der Waals surface area contributed by atoms with Crippen molar-refractivity contribution in [2.45, 2.75) is 0 Å². The van der Waals surface area contributed by atoms with Crippen molar-refractivity contribution in [1.29, 1.82) is 0 Å². The van der Waals surface area contributed by atoms with Gasteiger partial charge in [-0.3, -0.25) is 14.6 Å². The molecule has 0 aliphatic heterocycles. The molecule has 0 saturated carbocycles. The van der Waals surface area contributed by atoms with E-state index in [1.165, 1.54) is 37.6 Å². The maximum Gasteiger partial charge on any atom is 0.254 e. The molecule has 0 fully saturated rings. The second kappa shape index (κ2) is 8.92. The van der Waals surface area contributed by atoms with E-state index in [9.17, 15) is 18.4 Å². The lowest BCUT2D eigenvalue weighted by Crippen LogP contribution is -2.33. The van der Waals surface area contributed by atoms with Crippen molar-refractivity contribution in [2.24, 2.45) is 0 Å². The number of halogens is 2. The molecule has 1 heterocycles. The molecule has 0 bridgehead atoms. The highest BCUT2D eigenvalue weighted by Gasteiger charge is 2.15. The molecule has 0 aliphatic rings. The molecule has 0 unspecified atom stereocenters. The number of hydrogen-bond donors (Lipinski definition) is 2. The van der Waals surface area contributed by atoms with Crippen molar-refractivity contribution in [3.05, 3.63) is 78.1 Å². The quantitative estimate of drug-likeness (QED) is 0.668. The van der Waals surface area contributed by atoms with E-state index in [2.05, 4.69) is 15.6 Å². The molecule has 3 aromatic rings. The Morgan fingerprint density at radius 2 is 1.90 bits per heavy atom. The third-order valence-electron chi connectivity index (χ3n) is 4.06. The minimum absolute atomic E-state index is 0.174. The van der Waals surface area contributed by atoms with E-state index < -0.39 is 23.4 Å². The molecule has 0 radical (unpaired) electrons. The predicted molar refractivity (Wildman–Crippen MR) is 104 cm³/mol. The van der Waals surface area contributed by atoms with Gasteiger partial charge in [-0.05, 0) is 42.0 Å². The molecule has 8 heteroatoms. The summed E-state index contributed by atoms with van der Waals surface area (Å²) >= 11 is 0. The molecule has 2 amide bonds. The zero-order chi connectivity index (χ0) is 20.8. The summed E-state index contributed by atoms with van der Waals surface area (Å²) in [5.41, 5.74) is 0.668. The zero-order valence-corrected chi connectivity index (χ0v) is 15.4. The van der Waals surface area contributed by atoms with Gasteiger partial charge in [0.05, 0.1) is 31.1 Å². The number of carbonyl (C=O) groups is 2. The number of hydrogen-bond acceptors (Lipinski definition) is 4. The summed E-state index contributed by atoms with van der Waals surface area (Å²) in [6, 6.07) is 11.2. The number of amides is 2. The first-order valence-corrected chi connectivity index (χ1v) is 8.59. The van der Waals surface area contributed by atoms with Gasteiger partial charge in [-0.2, -0.15) is 0 Å². The third-order valence-corrected chi connectivity index (χ3v) is 4.06. The van der Waals surface area contributed by atoms with Crippen LogP contribution in [0.4, 0.5) is 14.5 Å². The molecular formula is C21H17F2N3O3. The highest BCUT2D eigenvalue weighted by molar-refractivity contribution is 5.99. The van der Waals surface area contributed by atoms with Gasteiger partial charge in [0.15, 0.2) is 0 Å². The van der Waals surface area contributed by atoms with Gasteiger partial charge in [0.25, 0.3) is 5.91 Å². The third kappa shape index (κ3) is 4.92. The minimum atomic E-state index is -0.831. The highest BCUT2D eigenvalue weighted by atomic mass is 19.1. The molecule has 3 rings (SSSR count). The first-order valence-electron chi connectivity index (χ1n) is 8.59. The number of anilines is 1. The van der Waals surface area contributed by atoms with E-state index >= 15 is 0 Å². The van der Waals surface area contributed by atoms with Crippen molar-refractivity contribution in [1.82, 2.24) is 10.3 Å². The fourth-order valence-electron chi connectivity index (χ4n) is 2.62. The second-order valence-electron chi connectivity index (χ2n) is 6.01. The summed E-state index contributed by atoms with van der Waals surface area (Å²) in [5.74, 6) is -2.31. The van der Waals surface area contributed by atoms with Gasteiger partial charge < -0.3 is 15.4 Å². The van der Waals surface area contributed by atoms with E-state index in [4.69, 9.17) is 4.74 Å². The van der Waals surface area contributed by atoms with Crippen LogP contribution in [0.25, 0.3) is 11.1 Å². The van der Waals surface area contributed by atoms with Crippen molar-refractivity contribution in [3.63, 3.8) is 0 Å². The standard InChI is InChI=1S/C21H17F2N3O3/c1-29-15-5-7-16(19(23)10-15)13-4-6-17(18(22)9-13)21(28)25-12-20(27)26-14-3-2-8-24-11-14/h2-11H,12H2,1H3,(H,25,28)(H,26,27). The van der Waals surface area contributed by atoms with Crippen LogP contribution in [0.2, 0.25) is 0 Å². The Hall–Kier alpha value is -3.81. The average molecular weight is 397 g/mol. The van der Waals surface area contributed by atoms with Crippen LogP contribution in [-0.4, -0.2) is 30.5 Å². The van der Waals surface area contributed by atoms with Gasteiger partial charge in [-0.1, -0.05) is 6.07 Å². The van der Waals surface area contributed by atoms with Gasteiger partial charge in [-0.25, -0.2) is 8.78 Å². The van der Waals surface area contributed by atoms with Crippen LogP contribution in [0.15, 0.2) is 60.9 Å². The molecule has 29 heavy (non-hydrogen) atoms. The number of methoxy groups -OCH3 is 1. The topological polar surface area (TPSA) is 80.3 Å². The summed E-state index contributed by atoms with van der Waals surface area (Å²) in [6.07, 6.45) is 3.01. The number of ether oxygens (including phenoxy) is 1. The average Bonchev–Trinajstić information content (AvgIpc) is 2.72. The van der Waals surface area contributed by atoms with E-state index in [0.717, 1.165) is 6.07 Å².